The zero-order valence-electron chi connectivity index (χ0n) is 11.7. The summed E-state index contributed by atoms with van der Waals surface area (Å²) in [5, 5.41) is 1.01. The summed E-state index contributed by atoms with van der Waals surface area (Å²) in [4.78, 5) is 15.3. The molecule has 0 bridgehead atoms. The van der Waals surface area contributed by atoms with Crippen LogP contribution in [-0.2, 0) is 4.74 Å². The summed E-state index contributed by atoms with van der Waals surface area (Å²) >= 11 is 0. The largest absolute Gasteiger partial charge is 0.464 e. The van der Waals surface area contributed by atoms with Gasteiger partial charge in [-0.25, -0.2) is 9.78 Å². The summed E-state index contributed by atoms with van der Waals surface area (Å²) in [6.07, 6.45) is 0. The number of para-hydroxylation sites is 1. The lowest BCUT2D eigenvalue weighted by atomic mass is 10.2. The van der Waals surface area contributed by atoms with Gasteiger partial charge in [-0.1, -0.05) is 52.0 Å². The molecule has 18 heavy (non-hydrogen) atoms. The lowest BCUT2D eigenvalue weighted by Gasteiger charge is -2.00. The molecule has 0 fully saturated rings. The van der Waals surface area contributed by atoms with Crippen LogP contribution in [0.15, 0.2) is 36.4 Å². The van der Waals surface area contributed by atoms with Crippen LogP contribution in [0, 0.1) is 0 Å². The first-order valence-corrected chi connectivity index (χ1v) is 6.25. The highest BCUT2D eigenvalue weighted by Gasteiger charge is 2.06. The molecule has 0 unspecified atom stereocenters. The highest BCUT2D eigenvalue weighted by molar-refractivity contribution is 5.90. The van der Waals surface area contributed by atoms with E-state index in [0.29, 0.717) is 5.69 Å². The van der Waals surface area contributed by atoms with Gasteiger partial charge >= 0.3 is 5.97 Å². The zero-order chi connectivity index (χ0) is 14.0. The van der Waals surface area contributed by atoms with Crippen molar-refractivity contribution >= 4 is 16.9 Å². The van der Waals surface area contributed by atoms with Crippen LogP contribution in [-0.4, -0.2) is 18.1 Å². The molecule has 1 heterocycles. The van der Waals surface area contributed by atoms with Crippen LogP contribution in [0.3, 0.4) is 0 Å². The lowest BCUT2D eigenvalue weighted by Crippen LogP contribution is -2.03. The maximum absolute atomic E-state index is 11.2. The molecule has 0 N–H and O–H groups in total. The fraction of sp³-hybridized carbons (Fsp3) is 0.333. The molecule has 2 aromatic rings. The van der Waals surface area contributed by atoms with Crippen molar-refractivity contribution in [2.24, 2.45) is 0 Å². The normalized spacial score (nSPS) is 8.50. The molecule has 98 valence electrons. The van der Waals surface area contributed by atoms with E-state index in [0.717, 1.165) is 10.9 Å². The van der Waals surface area contributed by atoms with Gasteiger partial charge in [-0.05, 0) is 12.1 Å². The van der Waals surface area contributed by atoms with Crippen molar-refractivity contribution in [3.8, 4) is 0 Å². The molecular formula is C15H21NO2. The van der Waals surface area contributed by atoms with Gasteiger partial charge < -0.3 is 4.74 Å². The van der Waals surface area contributed by atoms with Gasteiger partial charge in [0.25, 0.3) is 0 Å². The molecule has 0 amide bonds. The van der Waals surface area contributed by atoms with Crippen molar-refractivity contribution in [1.82, 2.24) is 4.98 Å². The van der Waals surface area contributed by atoms with Gasteiger partial charge in [0.05, 0.1) is 12.6 Å². The molecule has 0 aliphatic heterocycles. The van der Waals surface area contributed by atoms with E-state index in [2.05, 4.69) is 9.72 Å². The first-order chi connectivity index (χ1) is 8.81. The smallest absolute Gasteiger partial charge is 0.356 e. The molecule has 3 nitrogen and oxygen atoms in total. The number of benzene rings is 1. The quantitative estimate of drug-likeness (QED) is 0.713. The minimum atomic E-state index is -0.407. The van der Waals surface area contributed by atoms with Crippen LogP contribution in [0.5, 0.6) is 0 Å². The standard InChI is InChI=1S/C11H9NO2.2C2H6/c1-14-11(13)10-7-6-8-4-2-3-5-9(8)12-10;2*1-2/h2-7H,1H3;2*1-2H3. The number of hydrogen-bond donors (Lipinski definition) is 0. The second kappa shape index (κ2) is 9.16. The minimum absolute atomic E-state index is 0.339. The Labute approximate surface area is 109 Å². The number of methoxy groups -OCH3 is 1. The number of nitrogens with zero attached hydrogens (tertiary/aromatic N) is 1. The summed E-state index contributed by atoms with van der Waals surface area (Å²) in [6, 6.07) is 11.1. The number of carbonyl (C=O) groups is 1. The number of esters is 1. The predicted molar refractivity (Wildman–Crippen MR) is 75.8 cm³/mol. The van der Waals surface area contributed by atoms with Crippen molar-refractivity contribution in [3.63, 3.8) is 0 Å². The molecule has 0 spiro atoms. The van der Waals surface area contributed by atoms with Crippen molar-refractivity contribution in [1.29, 1.82) is 0 Å². The van der Waals surface area contributed by atoms with Gasteiger partial charge in [-0.3, -0.25) is 0 Å². The highest BCUT2D eigenvalue weighted by Crippen LogP contribution is 2.11. The summed E-state index contributed by atoms with van der Waals surface area (Å²) < 4.78 is 4.58. The molecular weight excluding hydrogens is 226 g/mol. The van der Waals surface area contributed by atoms with E-state index in [4.69, 9.17) is 0 Å². The first-order valence-electron chi connectivity index (χ1n) is 6.25. The van der Waals surface area contributed by atoms with Gasteiger partial charge in [0, 0.05) is 5.39 Å². The molecule has 1 aromatic carbocycles. The Morgan fingerprint density at radius 2 is 1.61 bits per heavy atom. The van der Waals surface area contributed by atoms with Crippen molar-refractivity contribution in [3.05, 3.63) is 42.1 Å². The van der Waals surface area contributed by atoms with Crippen LogP contribution in [0.1, 0.15) is 38.2 Å². The summed E-state index contributed by atoms with van der Waals surface area (Å²) in [5.74, 6) is -0.407. The molecule has 0 saturated heterocycles. The molecule has 0 atom stereocenters. The molecule has 0 saturated carbocycles. The predicted octanol–water partition coefficient (Wildman–Crippen LogP) is 4.07. The maximum Gasteiger partial charge on any atom is 0.356 e. The Morgan fingerprint density at radius 3 is 2.22 bits per heavy atom. The zero-order valence-corrected chi connectivity index (χ0v) is 11.7. The number of hydrogen-bond acceptors (Lipinski definition) is 3. The number of rotatable bonds is 1. The third-order valence-corrected chi connectivity index (χ3v) is 1.99. The number of aromatic nitrogens is 1. The van der Waals surface area contributed by atoms with E-state index < -0.39 is 5.97 Å². The average Bonchev–Trinajstić information content (AvgIpc) is 2.50. The Bertz CT molecular complexity index is 481. The summed E-state index contributed by atoms with van der Waals surface area (Å²) in [7, 11) is 1.35. The van der Waals surface area contributed by atoms with E-state index in [-0.39, 0.29) is 0 Å². The van der Waals surface area contributed by atoms with Crippen molar-refractivity contribution in [2.75, 3.05) is 7.11 Å². The maximum atomic E-state index is 11.2. The SMILES string of the molecule is CC.CC.COC(=O)c1ccc2ccccc2n1. The van der Waals surface area contributed by atoms with Crippen LogP contribution in [0.2, 0.25) is 0 Å². The summed E-state index contributed by atoms with van der Waals surface area (Å²) in [5.41, 5.74) is 1.14. The van der Waals surface area contributed by atoms with Crippen LogP contribution >= 0.6 is 0 Å². The van der Waals surface area contributed by atoms with Gasteiger partial charge in [-0.15, -0.1) is 0 Å². The van der Waals surface area contributed by atoms with Gasteiger partial charge in [0.1, 0.15) is 5.69 Å². The number of ether oxygens (including phenoxy) is 1. The fourth-order valence-electron chi connectivity index (χ4n) is 1.28. The lowest BCUT2D eigenvalue weighted by molar-refractivity contribution is 0.0594. The molecule has 2 rings (SSSR count). The number of pyridine rings is 1. The molecule has 0 aliphatic carbocycles. The van der Waals surface area contributed by atoms with Gasteiger partial charge in [0.2, 0.25) is 0 Å². The van der Waals surface area contributed by atoms with Gasteiger partial charge in [0.15, 0.2) is 0 Å². The number of fused-ring (bicyclic) bond motifs is 1. The fourth-order valence-corrected chi connectivity index (χ4v) is 1.28. The van der Waals surface area contributed by atoms with E-state index in [9.17, 15) is 4.79 Å². The Hall–Kier alpha value is -1.90. The Kier molecular flexibility index (Phi) is 8.20. The van der Waals surface area contributed by atoms with E-state index in [1.165, 1.54) is 7.11 Å². The van der Waals surface area contributed by atoms with Crippen LogP contribution < -0.4 is 0 Å². The third kappa shape index (κ3) is 4.17. The topological polar surface area (TPSA) is 39.2 Å². The molecule has 3 heteroatoms. The third-order valence-electron chi connectivity index (χ3n) is 1.99. The molecule has 0 radical (unpaired) electrons. The second-order valence-corrected chi connectivity index (χ2v) is 2.88. The summed E-state index contributed by atoms with van der Waals surface area (Å²) in [6.45, 7) is 8.00. The van der Waals surface area contributed by atoms with E-state index >= 15 is 0 Å². The van der Waals surface area contributed by atoms with Crippen molar-refractivity contribution < 1.29 is 9.53 Å². The Balaban J connectivity index is 0.000000659. The first kappa shape index (κ1) is 16.1. The van der Waals surface area contributed by atoms with E-state index in [1.807, 2.05) is 58.0 Å². The van der Waals surface area contributed by atoms with Gasteiger partial charge in [-0.2, -0.15) is 0 Å². The number of carbonyl (C=O) groups excluding carboxylic acids is 1. The van der Waals surface area contributed by atoms with Crippen molar-refractivity contribution in [2.45, 2.75) is 27.7 Å². The second-order valence-electron chi connectivity index (χ2n) is 2.88. The highest BCUT2D eigenvalue weighted by atomic mass is 16.5. The monoisotopic (exact) mass is 247 g/mol. The molecule has 0 aliphatic rings. The van der Waals surface area contributed by atoms with E-state index in [1.54, 1.807) is 6.07 Å². The molecule has 1 aromatic heterocycles. The Morgan fingerprint density at radius 1 is 1.00 bits per heavy atom. The van der Waals surface area contributed by atoms with Crippen LogP contribution in [0.4, 0.5) is 0 Å². The van der Waals surface area contributed by atoms with Crippen LogP contribution in [0.25, 0.3) is 10.9 Å². The minimum Gasteiger partial charge on any atom is -0.464 e. The average molecular weight is 247 g/mol.